The highest BCUT2D eigenvalue weighted by molar-refractivity contribution is 7.12. The number of thiophene rings is 1. The summed E-state index contributed by atoms with van der Waals surface area (Å²) in [5.74, 6) is 0.116. The SMILES string of the molecule is CN(CC#N)C(=O)Oc1cc(-c2cnc3[nH]cc(C(=O)C4(C)CCCCC4)c3n2)cs1. The Hall–Kier alpha value is -3.25. The maximum Gasteiger partial charge on any atom is 0.416 e. The second kappa shape index (κ2) is 8.47. The molecule has 1 fully saturated rings. The first kappa shape index (κ1) is 21.0. The second-order valence-corrected chi connectivity index (χ2v) is 9.02. The number of ether oxygens (including phenoxy) is 1. The van der Waals surface area contributed by atoms with Crippen molar-refractivity contribution >= 4 is 34.4 Å². The number of ketones is 1. The molecule has 0 unspecified atom stereocenters. The minimum Gasteiger partial charge on any atom is -0.399 e. The molecule has 0 atom stereocenters. The van der Waals surface area contributed by atoms with Crippen LogP contribution in [0.15, 0.2) is 23.8 Å². The fourth-order valence-corrected chi connectivity index (χ4v) is 4.67. The van der Waals surface area contributed by atoms with Gasteiger partial charge in [-0.2, -0.15) is 5.26 Å². The number of rotatable bonds is 5. The zero-order chi connectivity index (χ0) is 22.0. The zero-order valence-corrected chi connectivity index (χ0v) is 18.3. The van der Waals surface area contributed by atoms with Crippen molar-refractivity contribution in [1.82, 2.24) is 19.9 Å². The van der Waals surface area contributed by atoms with E-state index in [9.17, 15) is 9.59 Å². The van der Waals surface area contributed by atoms with Gasteiger partial charge in [0.05, 0.1) is 23.5 Å². The molecule has 1 N–H and O–H groups in total. The lowest BCUT2D eigenvalue weighted by Crippen LogP contribution is -2.30. The fourth-order valence-electron chi connectivity index (χ4n) is 3.93. The average molecular weight is 438 g/mol. The number of carbonyl (C=O) groups is 2. The average Bonchev–Trinajstić information content (AvgIpc) is 3.40. The minimum absolute atomic E-state index is 0.0532. The normalized spacial score (nSPS) is 15.4. The van der Waals surface area contributed by atoms with Gasteiger partial charge in [0, 0.05) is 35.7 Å². The molecule has 0 saturated heterocycles. The fraction of sp³-hybridized carbons (Fsp3) is 0.409. The Morgan fingerprint density at radius 3 is 2.87 bits per heavy atom. The Kier molecular flexibility index (Phi) is 5.74. The largest absolute Gasteiger partial charge is 0.416 e. The van der Waals surface area contributed by atoms with Gasteiger partial charge < -0.3 is 9.72 Å². The van der Waals surface area contributed by atoms with Crippen molar-refractivity contribution in [2.24, 2.45) is 5.41 Å². The van der Waals surface area contributed by atoms with Gasteiger partial charge in [-0.15, -0.1) is 11.3 Å². The predicted molar refractivity (Wildman–Crippen MR) is 117 cm³/mol. The number of aromatic amines is 1. The van der Waals surface area contributed by atoms with Crippen molar-refractivity contribution in [2.75, 3.05) is 13.6 Å². The molecule has 0 bridgehead atoms. The number of nitrogens with zero attached hydrogens (tertiary/aromatic N) is 4. The van der Waals surface area contributed by atoms with E-state index in [-0.39, 0.29) is 17.7 Å². The number of nitriles is 1. The number of nitrogens with one attached hydrogen (secondary N) is 1. The van der Waals surface area contributed by atoms with Gasteiger partial charge in [-0.05, 0) is 12.8 Å². The molecular formula is C22H23N5O3S. The van der Waals surface area contributed by atoms with Gasteiger partial charge in [0.15, 0.2) is 16.5 Å². The summed E-state index contributed by atoms with van der Waals surface area (Å²) in [4.78, 5) is 38.7. The Morgan fingerprint density at radius 1 is 1.35 bits per heavy atom. The molecule has 160 valence electrons. The summed E-state index contributed by atoms with van der Waals surface area (Å²) in [5.41, 5.74) is 2.70. The number of hydrogen-bond acceptors (Lipinski definition) is 7. The highest BCUT2D eigenvalue weighted by Gasteiger charge is 2.36. The highest BCUT2D eigenvalue weighted by Crippen LogP contribution is 2.40. The van der Waals surface area contributed by atoms with Crippen molar-refractivity contribution in [1.29, 1.82) is 5.26 Å². The summed E-state index contributed by atoms with van der Waals surface area (Å²) in [6, 6.07) is 3.60. The number of hydrogen-bond donors (Lipinski definition) is 1. The zero-order valence-electron chi connectivity index (χ0n) is 17.5. The first-order valence-electron chi connectivity index (χ1n) is 10.2. The predicted octanol–water partition coefficient (Wildman–Crippen LogP) is 4.79. The van der Waals surface area contributed by atoms with E-state index < -0.39 is 6.09 Å². The molecule has 0 aliphatic heterocycles. The summed E-state index contributed by atoms with van der Waals surface area (Å²) in [6.45, 7) is 2.00. The lowest BCUT2D eigenvalue weighted by molar-refractivity contribution is 0.0751. The summed E-state index contributed by atoms with van der Waals surface area (Å²) in [5, 5.41) is 10.9. The molecule has 1 saturated carbocycles. The van der Waals surface area contributed by atoms with Gasteiger partial charge in [-0.1, -0.05) is 26.2 Å². The number of H-pyrrole nitrogens is 1. The van der Waals surface area contributed by atoms with E-state index in [4.69, 9.17) is 15.0 Å². The molecule has 1 aliphatic carbocycles. The summed E-state index contributed by atoms with van der Waals surface area (Å²) < 4.78 is 5.30. The van der Waals surface area contributed by atoms with Crippen LogP contribution < -0.4 is 4.74 Å². The monoisotopic (exact) mass is 437 g/mol. The third kappa shape index (κ3) is 4.16. The highest BCUT2D eigenvalue weighted by atomic mass is 32.1. The first-order valence-corrected chi connectivity index (χ1v) is 11.1. The van der Waals surface area contributed by atoms with Crippen LogP contribution in [0.4, 0.5) is 4.79 Å². The molecule has 3 heterocycles. The van der Waals surface area contributed by atoms with E-state index in [1.807, 2.05) is 18.4 Å². The molecule has 3 aromatic heterocycles. The number of amides is 1. The Labute approximate surface area is 183 Å². The van der Waals surface area contributed by atoms with Crippen LogP contribution in [0.5, 0.6) is 5.06 Å². The van der Waals surface area contributed by atoms with Gasteiger partial charge in [0.2, 0.25) is 0 Å². The maximum absolute atomic E-state index is 13.3. The van der Waals surface area contributed by atoms with Gasteiger partial charge >= 0.3 is 6.09 Å². The molecule has 1 aliphatic rings. The quantitative estimate of drug-likeness (QED) is 0.453. The lowest BCUT2D eigenvalue weighted by atomic mass is 9.71. The minimum atomic E-state index is -0.601. The van der Waals surface area contributed by atoms with Crippen molar-refractivity contribution in [3.63, 3.8) is 0 Å². The van der Waals surface area contributed by atoms with Crippen molar-refractivity contribution in [3.05, 3.63) is 29.4 Å². The lowest BCUT2D eigenvalue weighted by Gasteiger charge is -2.31. The number of Topliss-reactive ketones (excluding diaryl/α,β-unsaturated/α-hetero) is 1. The van der Waals surface area contributed by atoms with Crippen molar-refractivity contribution in [3.8, 4) is 22.4 Å². The van der Waals surface area contributed by atoms with Crippen LogP contribution in [0.2, 0.25) is 0 Å². The van der Waals surface area contributed by atoms with E-state index >= 15 is 0 Å². The van der Waals surface area contributed by atoms with Crippen LogP contribution in [-0.4, -0.2) is 45.3 Å². The maximum atomic E-state index is 13.3. The Bertz CT molecular complexity index is 1170. The molecule has 1 amide bonds. The number of carbonyl (C=O) groups excluding carboxylic acids is 2. The van der Waals surface area contributed by atoms with Gasteiger partial charge in [-0.3, -0.25) is 9.69 Å². The van der Waals surface area contributed by atoms with Gasteiger partial charge in [-0.25, -0.2) is 14.8 Å². The molecule has 8 nitrogen and oxygen atoms in total. The Balaban J connectivity index is 1.60. The summed E-state index contributed by atoms with van der Waals surface area (Å²) in [7, 11) is 1.50. The molecule has 31 heavy (non-hydrogen) atoms. The first-order chi connectivity index (χ1) is 14.9. The van der Waals surface area contributed by atoms with Crippen LogP contribution in [0, 0.1) is 16.7 Å². The Morgan fingerprint density at radius 2 is 2.13 bits per heavy atom. The van der Waals surface area contributed by atoms with Gasteiger partial charge in [0.25, 0.3) is 0 Å². The number of fused-ring (bicyclic) bond motifs is 1. The summed E-state index contributed by atoms with van der Waals surface area (Å²) >= 11 is 1.25. The number of aromatic nitrogens is 3. The van der Waals surface area contributed by atoms with E-state index in [2.05, 4.69) is 9.97 Å². The van der Waals surface area contributed by atoms with Crippen LogP contribution in [0.25, 0.3) is 22.4 Å². The van der Waals surface area contributed by atoms with Gasteiger partial charge in [0.1, 0.15) is 12.1 Å². The van der Waals surface area contributed by atoms with E-state index in [1.54, 1.807) is 18.5 Å². The van der Waals surface area contributed by atoms with Crippen molar-refractivity contribution in [2.45, 2.75) is 39.0 Å². The van der Waals surface area contributed by atoms with E-state index in [0.29, 0.717) is 27.5 Å². The van der Waals surface area contributed by atoms with E-state index in [0.717, 1.165) is 31.2 Å². The smallest absolute Gasteiger partial charge is 0.399 e. The second-order valence-electron chi connectivity index (χ2n) is 8.14. The third-order valence-corrected chi connectivity index (χ3v) is 6.61. The standard InChI is InChI=1S/C22H23N5O3S/c1-22(6-4-3-5-7-22)19(28)15-11-24-20-18(15)26-16(12-25-20)14-10-17(31-13-14)30-21(29)27(2)9-8-23/h10-13H,3-7,9H2,1-2H3,(H,24,25). The van der Waals surface area contributed by atoms with Crippen LogP contribution >= 0.6 is 11.3 Å². The van der Waals surface area contributed by atoms with Crippen LogP contribution in [-0.2, 0) is 0 Å². The summed E-state index contributed by atoms with van der Waals surface area (Å²) in [6.07, 6.45) is 7.85. The van der Waals surface area contributed by atoms with Crippen molar-refractivity contribution < 1.29 is 14.3 Å². The third-order valence-electron chi connectivity index (χ3n) is 5.81. The molecule has 9 heteroatoms. The molecule has 3 aromatic rings. The molecule has 4 rings (SSSR count). The van der Waals surface area contributed by atoms with Crippen LogP contribution in [0.1, 0.15) is 49.4 Å². The molecule has 0 aromatic carbocycles. The molecule has 0 radical (unpaired) electrons. The molecule has 0 spiro atoms. The van der Waals surface area contributed by atoms with E-state index in [1.165, 1.54) is 29.7 Å². The van der Waals surface area contributed by atoms with Crippen LogP contribution in [0.3, 0.4) is 0 Å². The topological polar surface area (TPSA) is 112 Å². The molecular weight excluding hydrogens is 414 g/mol.